The number of aryl methyl sites for hydroxylation is 1. The molecular formula is C27H36N4O4S. The van der Waals surface area contributed by atoms with E-state index >= 15 is 0 Å². The summed E-state index contributed by atoms with van der Waals surface area (Å²) in [6.45, 7) is 4.92. The third kappa shape index (κ3) is 6.78. The van der Waals surface area contributed by atoms with Crippen LogP contribution in [-0.4, -0.2) is 68.8 Å². The van der Waals surface area contributed by atoms with Crippen LogP contribution in [0.5, 0.6) is 5.75 Å². The maximum absolute atomic E-state index is 11.3. The molecule has 0 bridgehead atoms. The van der Waals surface area contributed by atoms with Gasteiger partial charge < -0.3 is 19.8 Å². The second-order valence-corrected chi connectivity index (χ2v) is 10.8. The summed E-state index contributed by atoms with van der Waals surface area (Å²) in [4.78, 5) is 19.4. The number of aliphatic hydroxyl groups excluding tert-OH is 1. The predicted octanol–water partition coefficient (Wildman–Crippen LogP) is 4.68. The summed E-state index contributed by atoms with van der Waals surface area (Å²) in [5, 5.41) is 28.4. The van der Waals surface area contributed by atoms with Gasteiger partial charge >= 0.3 is 5.97 Å². The normalized spacial score (nSPS) is 19.4. The fraction of sp³-hybridized carbons (Fsp3) is 0.519. The number of hydrogen-bond donors (Lipinski definition) is 3. The third-order valence-electron chi connectivity index (χ3n) is 7.31. The van der Waals surface area contributed by atoms with Gasteiger partial charge in [-0.3, -0.25) is 14.9 Å². The molecule has 194 valence electrons. The highest BCUT2D eigenvalue weighted by molar-refractivity contribution is 7.99. The monoisotopic (exact) mass is 512 g/mol. The van der Waals surface area contributed by atoms with Crippen LogP contribution in [-0.2, 0) is 4.79 Å². The van der Waals surface area contributed by atoms with Gasteiger partial charge in [0.2, 0.25) is 0 Å². The summed E-state index contributed by atoms with van der Waals surface area (Å²) < 4.78 is 5.37. The number of carboxylic acid groups (broad SMARTS) is 1. The Bertz CT molecular complexity index is 1150. The van der Waals surface area contributed by atoms with Crippen LogP contribution in [0.4, 0.5) is 0 Å². The van der Waals surface area contributed by atoms with Crippen LogP contribution in [0.3, 0.4) is 0 Å². The van der Waals surface area contributed by atoms with Gasteiger partial charge in [-0.1, -0.05) is 0 Å². The Labute approximate surface area is 216 Å². The van der Waals surface area contributed by atoms with E-state index in [1.54, 1.807) is 25.1 Å². The zero-order chi connectivity index (χ0) is 25.5. The highest BCUT2D eigenvalue weighted by atomic mass is 32.2. The summed E-state index contributed by atoms with van der Waals surface area (Å²) in [5.41, 5.74) is 2.80. The minimum atomic E-state index is -0.742. The van der Waals surface area contributed by atoms with Gasteiger partial charge in [0.15, 0.2) is 0 Å². The van der Waals surface area contributed by atoms with E-state index in [1.165, 1.54) is 4.90 Å². The van der Waals surface area contributed by atoms with Crippen molar-refractivity contribution in [2.45, 2.75) is 50.0 Å². The van der Waals surface area contributed by atoms with E-state index in [2.05, 4.69) is 20.1 Å². The fourth-order valence-corrected chi connectivity index (χ4v) is 6.20. The molecule has 1 aliphatic heterocycles. The van der Waals surface area contributed by atoms with Crippen LogP contribution in [0, 0.1) is 18.8 Å². The number of thioether (sulfide) groups is 1. The maximum Gasteiger partial charge on any atom is 0.303 e. The van der Waals surface area contributed by atoms with Gasteiger partial charge in [-0.2, -0.15) is 5.10 Å². The van der Waals surface area contributed by atoms with Crippen LogP contribution in [0.25, 0.3) is 10.9 Å². The van der Waals surface area contributed by atoms with Crippen molar-refractivity contribution in [1.82, 2.24) is 20.1 Å². The van der Waals surface area contributed by atoms with Crippen LogP contribution in [0.2, 0.25) is 0 Å². The Morgan fingerprint density at radius 3 is 2.92 bits per heavy atom. The predicted molar refractivity (Wildman–Crippen MR) is 141 cm³/mol. The number of fused-ring (bicyclic) bond motifs is 1. The Morgan fingerprint density at radius 1 is 1.31 bits per heavy atom. The number of H-pyrrole nitrogens is 1. The molecule has 1 aliphatic rings. The lowest BCUT2D eigenvalue weighted by Gasteiger charge is -2.39. The number of methoxy groups -OCH3 is 1. The van der Waals surface area contributed by atoms with Gasteiger partial charge in [0.05, 0.1) is 24.9 Å². The number of aliphatic carboxylic acids is 1. The lowest BCUT2D eigenvalue weighted by atomic mass is 9.79. The van der Waals surface area contributed by atoms with E-state index in [0.717, 1.165) is 66.1 Å². The molecule has 1 aromatic carbocycles. The van der Waals surface area contributed by atoms with Crippen molar-refractivity contribution in [3.8, 4) is 5.75 Å². The molecule has 2 aromatic heterocycles. The molecule has 1 unspecified atom stereocenters. The Hall–Kier alpha value is -2.62. The van der Waals surface area contributed by atoms with Crippen molar-refractivity contribution in [3.63, 3.8) is 0 Å². The van der Waals surface area contributed by atoms with Crippen molar-refractivity contribution in [1.29, 1.82) is 0 Å². The second kappa shape index (κ2) is 12.6. The Morgan fingerprint density at radius 2 is 2.17 bits per heavy atom. The number of aromatic nitrogens is 3. The first-order valence-electron chi connectivity index (χ1n) is 12.6. The Balaban J connectivity index is 1.36. The first kappa shape index (κ1) is 26.4. The molecule has 8 nitrogen and oxygen atoms in total. The average molecular weight is 513 g/mol. The smallest absolute Gasteiger partial charge is 0.303 e. The molecule has 0 aliphatic carbocycles. The topological polar surface area (TPSA) is 112 Å². The number of nitrogens with one attached hydrogen (secondary N) is 1. The zero-order valence-corrected chi connectivity index (χ0v) is 21.8. The average Bonchev–Trinajstić information content (AvgIpc) is 3.30. The number of likely N-dealkylation sites (tertiary alicyclic amines) is 1. The van der Waals surface area contributed by atoms with E-state index < -0.39 is 12.1 Å². The number of benzene rings is 1. The molecule has 0 amide bonds. The zero-order valence-electron chi connectivity index (χ0n) is 21.0. The van der Waals surface area contributed by atoms with E-state index in [0.29, 0.717) is 24.7 Å². The van der Waals surface area contributed by atoms with Gasteiger partial charge in [-0.05, 0) is 80.8 Å². The van der Waals surface area contributed by atoms with Gasteiger partial charge in [0.25, 0.3) is 0 Å². The summed E-state index contributed by atoms with van der Waals surface area (Å²) in [6.07, 6.45) is 6.41. The minimum absolute atomic E-state index is 0.190. The molecule has 3 aromatic rings. The highest BCUT2D eigenvalue weighted by Crippen LogP contribution is 2.35. The van der Waals surface area contributed by atoms with Crippen molar-refractivity contribution in [2.75, 3.05) is 32.5 Å². The van der Waals surface area contributed by atoms with Gasteiger partial charge in [0.1, 0.15) is 5.75 Å². The quantitative estimate of drug-likeness (QED) is 0.300. The molecule has 3 atom stereocenters. The first-order valence-corrected chi connectivity index (χ1v) is 13.6. The second-order valence-electron chi connectivity index (χ2n) is 9.63. The number of nitrogens with zero attached hydrogens (tertiary/aromatic N) is 3. The molecule has 9 heteroatoms. The van der Waals surface area contributed by atoms with Gasteiger partial charge in [-0.25, -0.2) is 0 Å². The molecule has 0 radical (unpaired) electrons. The van der Waals surface area contributed by atoms with Crippen molar-refractivity contribution < 1.29 is 19.7 Å². The summed E-state index contributed by atoms with van der Waals surface area (Å²) in [6, 6.07) is 7.60. The van der Waals surface area contributed by atoms with Crippen LogP contribution in [0.1, 0.15) is 49.5 Å². The molecule has 3 N–H and O–H groups in total. The van der Waals surface area contributed by atoms with Gasteiger partial charge in [0, 0.05) is 47.4 Å². The number of carbonyl (C=O) groups is 1. The fourth-order valence-electron chi connectivity index (χ4n) is 5.24. The summed E-state index contributed by atoms with van der Waals surface area (Å²) in [5.74, 6) is 1.70. The summed E-state index contributed by atoms with van der Waals surface area (Å²) in [7, 11) is 1.63. The number of piperidine rings is 1. The molecule has 1 fully saturated rings. The number of pyridine rings is 1. The molecule has 0 spiro atoms. The minimum Gasteiger partial charge on any atom is -0.497 e. The number of aliphatic hydroxyl groups is 1. The van der Waals surface area contributed by atoms with Crippen LogP contribution < -0.4 is 4.74 Å². The van der Waals surface area contributed by atoms with Crippen LogP contribution >= 0.6 is 11.8 Å². The number of rotatable bonds is 12. The van der Waals surface area contributed by atoms with E-state index in [1.807, 2.05) is 37.4 Å². The van der Waals surface area contributed by atoms with E-state index in [9.17, 15) is 15.0 Å². The van der Waals surface area contributed by atoms with E-state index in [-0.39, 0.29) is 6.42 Å². The molecule has 4 rings (SSSR count). The van der Waals surface area contributed by atoms with Crippen LogP contribution in [0.15, 0.2) is 41.6 Å². The lowest BCUT2D eigenvalue weighted by Crippen LogP contribution is -2.41. The molecule has 0 saturated carbocycles. The first-order chi connectivity index (χ1) is 17.4. The largest absolute Gasteiger partial charge is 0.497 e. The van der Waals surface area contributed by atoms with E-state index in [4.69, 9.17) is 4.74 Å². The van der Waals surface area contributed by atoms with Crippen molar-refractivity contribution in [3.05, 3.63) is 47.9 Å². The number of aromatic amines is 1. The standard InChI is InChI=1S/C27H36N4O4S/c1-18-26(16-29-30-18)36-14-13-31-12-10-19(20(17-31)4-8-27(33)34)3-7-25(32)22-9-11-28-24-6-5-21(35-2)15-23(22)24/h5-6,9,11,15-16,19-20,25,32H,3-4,7-8,10,12-14,17H2,1-2H3,(H,29,30)(H,33,34)/t19-,20+,25?/m1/s1. The maximum atomic E-state index is 11.3. The third-order valence-corrected chi connectivity index (χ3v) is 8.41. The highest BCUT2D eigenvalue weighted by Gasteiger charge is 2.30. The number of hydrogen-bond acceptors (Lipinski definition) is 7. The SMILES string of the molecule is COc1ccc2nccc(C(O)CC[C@@H]3CCN(CCSc4cn[nH]c4C)C[C@@H]3CCC(=O)O)c2c1. The summed E-state index contributed by atoms with van der Waals surface area (Å²) >= 11 is 1.81. The number of ether oxygens (including phenoxy) is 1. The van der Waals surface area contributed by atoms with Gasteiger partial charge in [-0.15, -0.1) is 11.8 Å². The molecular weight excluding hydrogens is 476 g/mol. The Kier molecular flexibility index (Phi) is 9.23. The molecule has 3 heterocycles. The molecule has 1 saturated heterocycles. The van der Waals surface area contributed by atoms with Crippen molar-refractivity contribution >= 4 is 28.6 Å². The molecule has 36 heavy (non-hydrogen) atoms. The number of carboxylic acids is 1. The van der Waals surface area contributed by atoms with Crippen molar-refractivity contribution in [2.24, 2.45) is 11.8 Å². The lowest BCUT2D eigenvalue weighted by molar-refractivity contribution is -0.137.